The van der Waals surface area contributed by atoms with Crippen molar-refractivity contribution in [2.75, 3.05) is 0 Å². The number of hydrogen-bond acceptors (Lipinski definition) is 3. The van der Waals surface area contributed by atoms with E-state index in [9.17, 15) is 0 Å². The van der Waals surface area contributed by atoms with Gasteiger partial charge in [0.1, 0.15) is 0 Å². The molecule has 0 spiro atoms. The molecule has 64 valence electrons. The summed E-state index contributed by atoms with van der Waals surface area (Å²) in [6.07, 6.45) is 3.19. The molecule has 4 nitrogen and oxygen atoms in total. The maximum Gasteiger partial charge on any atom is 0.162 e. The molecular weight excluding hydrogens is 164 g/mol. The Balaban J connectivity index is 2.38. The summed E-state index contributed by atoms with van der Waals surface area (Å²) in [5, 5.41) is 11.3. The van der Waals surface area contributed by atoms with Crippen LogP contribution in [0.3, 0.4) is 0 Å². The minimum atomic E-state index is 0.892. The van der Waals surface area contributed by atoms with Crippen molar-refractivity contribution in [1.29, 1.82) is 0 Å². The van der Waals surface area contributed by atoms with E-state index in [1.165, 1.54) is 11.1 Å². The van der Waals surface area contributed by atoms with E-state index in [2.05, 4.69) is 22.0 Å². The molecule has 0 atom stereocenters. The van der Waals surface area contributed by atoms with Gasteiger partial charge >= 0.3 is 0 Å². The van der Waals surface area contributed by atoms with Gasteiger partial charge in [-0.05, 0) is 22.9 Å². The maximum atomic E-state index is 3.91. The Bertz CT molecular complexity index is 388. The minimum Gasteiger partial charge on any atom is -0.135 e. The third kappa shape index (κ3) is 1.46. The molecule has 0 fully saturated rings. The third-order valence-corrected chi connectivity index (χ3v) is 1.71. The zero-order valence-corrected chi connectivity index (χ0v) is 6.96. The van der Waals surface area contributed by atoms with Gasteiger partial charge in [0.25, 0.3) is 0 Å². The lowest BCUT2D eigenvalue weighted by molar-refractivity contribution is 0.720. The molecule has 0 amide bonds. The Labute approximate surface area is 75.5 Å². The summed E-state index contributed by atoms with van der Waals surface area (Å²) in [4.78, 5) is 1.47. The molecule has 13 heavy (non-hydrogen) atoms. The smallest absolute Gasteiger partial charge is 0.135 e. The highest BCUT2D eigenvalue weighted by Gasteiger charge is 1.96. The summed E-state index contributed by atoms with van der Waals surface area (Å²) in [6.45, 7) is 3.67. The van der Waals surface area contributed by atoms with Crippen molar-refractivity contribution in [3.8, 4) is 5.69 Å². The van der Waals surface area contributed by atoms with Crippen LogP contribution in [-0.2, 0) is 0 Å². The first-order valence-electron chi connectivity index (χ1n) is 3.86. The molecule has 0 aliphatic carbocycles. The average molecular weight is 172 g/mol. The summed E-state index contributed by atoms with van der Waals surface area (Å²) in [5.74, 6) is 0. The number of tetrazole rings is 1. The highest BCUT2D eigenvalue weighted by molar-refractivity contribution is 5.49. The number of rotatable bonds is 2. The molecule has 0 bridgehead atoms. The van der Waals surface area contributed by atoms with Gasteiger partial charge in [-0.1, -0.05) is 24.8 Å². The number of benzene rings is 1. The molecule has 1 aromatic carbocycles. The SMILES string of the molecule is C=Cc1ccc(-n2ncnn2)cc1. The Morgan fingerprint density at radius 2 is 2.00 bits per heavy atom. The van der Waals surface area contributed by atoms with Crippen LogP contribution in [-0.4, -0.2) is 20.2 Å². The Morgan fingerprint density at radius 3 is 2.54 bits per heavy atom. The monoisotopic (exact) mass is 172 g/mol. The number of aromatic nitrogens is 4. The van der Waals surface area contributed by atoms with E-state index in [0.29, 0.717) is 0 Å². The lowest BCUT2D eigenvalue weighted by Gasteiger charge is -1.97. The molecule has 0 N–H and O–H groups in total. The van der Waals surface area contributed by atoms with Crippen LogP contribution in [0.4, 0.5) is 0 Å². The van der Waals surface area contributed by atoms with Crippen LogP contribution in [0.25, 0.3) is 11.8 Å². The average Bonchev–Trinajstić information content (AvgIpc) is 2.71. The Kier molecular flexibility index (Phi) is 1.88. The molecule has 1 heterocycles. The van der Waals surface area contributed by atoms with Crippen LogP contribution >= 0.6 is 0 Å². The van der Waals surface area contributed by atoms with Crippen molar-refractivity contribution < 1.29 is 0 Å². The van der Waals surface area contributed by atoms with Crippen LogP contribution in [0.15, 0.2) is 37.2 Å². The van der Waals surface area contributed by atoms with Gasteiger partial charge in [-0.25, -0.2) is 0 Å². The highest BCUT2D eigenvalue weighted by atomic mass is 15.6. The summed E-state index contributed by atoms with van der Waals surface area (Å²) >= 11 is 0. The van der Waals surface area contributed by atoms with E-state index in [0.717, 1.165) is 11.3 Å². The van der Waals surface area contributed by atoms with E-state index < -0.39 is 0 Å². The fourth-order valence-corrected chi connectivity index (χ4v) is 1.03. The number of nitrogens with zero attached hydrogens (tertiary/aromatic N) is 4. The molecule has 0 aliphatic heterocycles. The molecule has 0 saturated heterocycles. The second-order valence-corrected chi connectivity index (χ2v) is 2.52. The molecule has 0 saturated carbocycles. The van der Waals surface area contributed by atoms with Crippen molar-refractivity contribution >= 4 is 6.08 Å². The van der Waals surface area contributed by atoms with Crippen LogP contribution in [0.1, 0.15) is 5.56 Å². The molecule has 0 radical (unpaired) electrons. The van der Waals surface area contributed by atoms with Crippen LogP contribution in [0.5, 0.6) is 0 Å². The zero-order chi connectivity index (χ0) is 9.10. The van der Waals surface area contributed by atoms with Gasteiger partial charge in [0.15, 0.2) is 6.33 Å². The summed E-state index contributed by atoms with van der Waals surface area (Å²) in [7, 11) is 0. The second-order valence-electron chi connectivity index (χ2n) is 2.52. The molecular formula is C9H8N4. The summed E-state index contributed by atoms with van der Waals surface area (Å²) < 4.78 is 0. The van der Waals surface area contributed by atoms with Crippen molar-refractivity contribution in [1.82, 2.24) is 20.2 Å². The molecule has 0 unspecified atom stereocenters. The molecule has 4 heteroatoms. The van der Waals surface area contributed by atoms with Crippen molar-refractivity contribution in [3.05, 3.63) is 42.7 Å². The van der Waals surface area contributed by atoms with Gasteiger partial charge in [-0.3, -0.25) is 0 Å². The van der Waals surface area contributed by atoms with E-state index in [1.807, 2.05) is 24.3 Å². The van der Waals surface area contributed by atoms with Gasteiger partial charge in [-0.15, -0.1) is 15.0 Å². The van der Waals surface area contributed by atoms with Crippen molar-refractivity contribution in [3.63, 3.8) is 0 Å². The van der Waals surface area contributed by atoms with Gasteiger partial charge in [0, 0.05) is 0 Å². The molecule has 2 aromatic rings. The normalized spacial score (nSPS) is 9.85. The molecule has 2 rings (SSSR count). The van der Waals surface area contributed by atoms with Gasteiger partial charge in [-0.2, -0.15) is 0 Å². The zero-order valence-electron chi connectivity index (χ0n) is 6.96. The van der Waals surface area contributed by atoms with E-state index >= 15 is 0 Å². The lowest BCUT2D eigenvalue weighted by Crippen LogP contribution is -1.98. The minimum absolute atomic E-state index is 0.892. The van der Waals surface area contributed by atoms with Crippen molar-refractivity contribution in [2.45, 2.75) is 0 Å². The first kappa shape index (κ1) is 7.67. The molecule has 1 aromatic heterocycles. The van der Waals surface area contributed by atoms with Gasteiger partial charge in [0.2, 0.25) is 0 Å². The topological polar surface area (TPSA) is 43.6 Å². The fraction of sp³-hybridized carbons (Fsp3) is 0. The Hall–Kier alpha value is -1.97. The third-order valence-electron chi connectivity index (χ3n) is 1.71. The lowest BCUT2D eigenvalue weighted by atomic mass is 10.2. The molecule has 0 aliphatic rings. The van der Waals surface area contributed by atoms with E-state index in [-0.39, 0.29) is 0 Å². The first-order valence-corrected chi connectivity index (χ1v) is 3.86. The second kappa shape index (κ2) is 3.18. The summed E-state index contributed by atoms with van der Waals surface area (Å²) in [6, 6.07) is 7.73. The fourth-order valence-electron chi connectivity index (χ4n) is 1.03. The van der Waals surface area contributed by atoms with Crippen LogP contribution in [0.2, 0.25) is 0 Å². The maximum absolute atomic E-state index is 3.91. The highest BCUT2D eigenvalue weighted by Crippen LogP contribution is 2.07. The van der Waals surface area contributed by atoms with Gasteiger partial charge < -0.3 is 0 Å². The number of hydrogen-bond donors (Lipinski definition) is 0. The van der Waals surface area contributed by atoms with Crippen LogP contribution in [0, 0.1) is 0 Å². The largest absolute Gasteiger partial charge is 0.162 e. The van der Waals surface area contributed by atoms with Crippen LogP contribution < -0.4 is 0 Å². The van der Waals surface area contributed by atoms with Gasteiger partial charge in [0.05, 0.1) is 5.69 Å². The first-order chi connectivity index (χ1) is 6.40. The Morgan fingerprint density at radius 1 is 1.23 bits per heavy atom. The van der Waals surface area contributed by atoms with E-state index in [4.69, 9.17) is 0 Å². The predicted octanol–water partition coefficient (Wildman–Crippen LogP) is 1.31. The predicted molar refractivity (Wildman–Crippen MR) is 49.2 cm³/mol. The van der Waals surface area contributed by atoms with Crippen molar-refractivity contribution in [2.24, 2.45) is 0 Å². The standard InChI is InChI=1S/C9H8N4/c1-2-8-3-5-9(6-4-8)13-11-7-10-12-13/h2-7H,1H2. The summed E-state index contributed by atoms with van der Waals surface area (Å²) in [5.41, 5.74) is 1.96. The van der Waals surface area contributed by atoms with E-state index in [1.54, 1.807) is 6.08 Å². The quantitative estimate of drug-likeness (QED) is 0.685.